The Morgan fingerprint density at radius 1 is 0.931 bits per heavy atom. The summed E-state index contributed by atoms with van der Waals surface area (Å²) in [6.45, 7) is 0. The van der Waals surface area contributed by atoms with Gasteiger partial charge in [0, 0.05) is 18.3 Å². The molecule has 0 radical (unpaired) electrons. The Kier molecular flexibility index (Phi) is 7.46. The van der Waals surface area contributed by atoms with Crippen LogP contribution in [0.2, 0.25) is 0 Å². The van der Waals surface area contributed by atoms with Gasteiger partial charge in [-0.05, 0) is 59.2 Å². The van der Waals surface area contributed by atoms with Gasteiger partial charge in [0.2, 0.25) is 0 Å². The molecule has 1 aromatic heterocycles. The molecule has 1 heterocycles. The molecule has 1 atom stereocenters. The molecule has 0 spiro atoms. The molecule has 29 heavy (non-hydrogen) atoms. The number of hydrogen-bond acceptors (Lipinski definition) is 2. The van der Waals surface area contributed by atoms with Crippen LogP contribution in [0.1, 0.15) is 61.3 Å². The predicted molar refractivity (Wildman–Crippen MR) is 122 cm³/mol. The van der Waals surface area contributed by atoms with Gasteiger partial charge in [0.25, 0.3) is 0 Å². The molecule has 1 fully saturated rings. The zero-order valence-corrected chi connectivity index (χ0v) is 16.7. The SMILES string of the molecule is C.COc1ccc([C@H](Cc2ccncc2)c2ccccc2)cc1CC1CCCC1. The summed E-state index contributed by atoms with van der Waals surface area (Å²) in [5, 5.41) is 0. The van der Waals surface area contributed by atoms with Crippen LogP contribution in [0, 0.1) is 5.92 Å². The number of ether oxygens (including phenoxy) is 1. The molecule has 0 N–H and O–H groups in total. The lowest BCUT2D eigenvalue weighted by molar-refractivity contribution is 0.404. The summed E-state index contributed by atoms with van der Waals surface area (Å²) >= 11 is 0. The second-order valence-corrected chi connectivity index (χ2v) is 7.95. The molecule has 0 amide bonds. The number of rotatable bonds is 7. The average molecular weight is 388 g/mol. The van der Waals surface area contributed by atoms with Gasteiger partial charge in [-0.1, -0.05) is 75.6 Å². The van der Waals surface area contributed by atoms with Crippen LogP contribution in [0.5, 0.6) is 5.75 Å². The van der Waals surface area contributed by atoms with Crippen LogP contribution in [-0.2, 0) is 12.8 Å². The fourth-order valence-electron chi connectivity index (χ4n) is 4.57. The summed E-state index contributed by atoms with van der Waals surface area (Å²) in [6.07, 6.45) is 11.3. The van der Waals surface area contributed by atoms with Crippen molar-refractivity contribution >= 4 is 0 Å². The molecule has 3 aromatic rings. The van der Waals surface area contributed by atoms with Gasteiger partial charge in [-0.15, -0.1) is 0 Å². The number of hydrogen-bond donors (Lipinski definition) is 0. The molecule has 1 aliphatic carbocycles. The van der Waals surface area contributed by atoms with E-state index in [4.69, 9.17) is 4.74 Å². The summed E-state index contributed by atoms with van der Waals surface area (Å²) < 4.78 is 5.71. The molecule has 2 nitrogen and oxygen atoms in total. The first-order valence-corrected chi connectivity index (χ1v) is 10.4. The molecular formula is C27H33NO. The Balaban J connectivity index is 0.00000240. The number of pyridine rings is 1. The van der Waals surface area contributed by atoms with Crippen molar-refractivity contribution in [3.8, 4) is 5.75 Å². The number of aromatic nitrogens is 1. The van der Waals surface area contributed by atoms with E-state index in [0.717, 1.165) is 24.5 Å². The fourth-order valence-corrected chi connectivity index (χ4v) is 4.57. The molecule has 152 valence electrons. The van der Waals surface area contributed by atoms with Crippen molar-refractivity contribution in [2.45, 2.75) is 51.9 Å². The van der Waals surface area contributed by atoms with Crippen LogP contribution in [0.25, 0.3) is 0 Å². The summed E-state index contributed by atoms with van der Waals surface area (Å²) in [5.41, 5.74) is 5.41. The first kappa shape index (κ1) is 21.1. The van der Waals surface area contributed by atoms with Gasteiger partial charge in [-0.25, -0.2) is 0 Å². The van der Waals surface area contributed by atoms with Crippen LogP contribution in [-0.4, -0.2) is 12.1 Å². The van der Waals surface area contributed by atoms with E-state index in [1.165, 1.54) is 47.9 Å². The van der Waals surface area contributed by atoms with Crippen molar-refractivity contribution < 1.29 is 4.74 Å². The van der Waals surface area contributed by atoms with Gasteiger partial charge in [-0.2, -0.15) is 0 Å². The van der Waals surface area contributed by atoms with Crippen LogP contribution in [0.3, 0.4) is 0 Å². The zero-order valence-electron chi connectivity index (χ0n) is 16.7. The maximum atomic E-state index is 5.71. The van der Waals surface area contributed by atoms with Crippen LogP contribution >= 0.6 is 0 Å². The molecule has 2 aromatic carbocycles. The minimum Gasteiger partial charge on any atom is -0.496 e. The maximum Gasteiger partial charge on any atom is 0.122 e. The van der Waals surface area contributed by atoms with E-state index in [1.54, 1.807) is 7.11 Å². The second-order valence-electron chi connectivity index (χ2n) is 7.95. The predicted octanol–water partition coefficient (Wildman–Crippen LogP) is 6.83. The van der Waals surface area contributed by atoms with Gasteiger partial charge < -0.3 is 4.74 Å². The maximum absolute atomic E-state index is 5.71. The highest BCUT2D eigenvalue weighted by atomic mass is 16.5. The Bertz CT molecular complexity index is 870. The van der Waals surface area contributed by atoms with Crippen LogP contribution in [0.15, 0.2) is 73.1 Å². The van der Waals surface area contributed by atoms with E-state index in [-0.39, 0.29) is 7.43 Å². The Morgan fingerprint density at radius 3 is 2.34 bits per heavy atom. The molecule has 2 heteroatoms. The lowest BCUT2D eigenvalue weighted by Gasteiger charge is -2.21. The Morgan fingerprint density at radius 2 is 1.66 bits per heavy atom. The van der Waals surface area contributed by atoms with Crippen molar-refractivity contribution in [2.75, 3.05) is 7.11 Å². The molecule has 4 rings (SSSR count). The number of methoxy groups -OCH3 is 1. The summed E-state index contributed by atoms with van der Waals surface area (Å²) in [5.74, 6) is 2.17. The topological polar surface area (TPSA) is 22.1 Å². The van der Waals surface area contributed by atoms with Crippen molar-refractivity contribution in [3.05, 3.63) is 95.3 Å². The van der Waals surface area contributed by atoms with E-state index in [0.29, 0.717) is 5.92 Å². The molecule has 0 aliphatic heterocycles. The Hall–Kier alpha value is -2.61. The van der Waals surface area contributed by atoms with Gasteiger partial charge >= 0.3 is 0 Å². The first-order valence-electron chi connectivity index (χ1n) is 10.4. The van der Waals surface area contributed by atoms with E-state index in [1.807, 2.05) is 12.4 Å². The quantitative estimate of drug-likeness (QED) is 0.443. The zero-order chi connectivity index (χ0) is 19.2. The largest absolute Gasteiger partial charge is 0.496 e. The number of nitrogens with zero attached hydrogens (tertiary/aromatic N) is 1. The highest BCUT2D eigenvalue weighted by Crippen LogP contribution is 2.35. The van der Waals surface area contributed by atoms with Crippen LogP contribution in [0.4, 0.5) is 0 Å². The normalized spacial score (nSPS) is 14.9. The minimum absolute atomic E-state index is 0. The van der Waals surface area contributed by atoms with E-state index in [2.05, 4.69) is 65.6 Å². The van der Waals surface area contributed by atoms with E-state index < -0.39 is 0 Å². The minimum atomic E-state index is 0. The molecule has 0 bridgehead atoms. The average Bonchev–Trinajstić information content (AvgIpc) is 3.26. The third-order valence-corrected chi connectivity index (χ3v) is 6.08. The van der Waals surface area contributed by atoms with Crippen molar-refractivity contribution in [1.82, 2.24) is 4.98 Å². The molecule has 1 saturated carbocycles. The summed E-state index contributed by atoms with van der Waals surface area (Å²) in [6, 6.07) is 21.9. The monoisotopic (exact) mass is 387 g/mol. The van der Waals surface area contributed by atoms with Crippen molar-refractivity contribution in [3.63, 3.8) is 0 Å². The highest BCUT2D eigenvalue weighted by molar-refractivity contribution is 5.43. The van der Waals surface area contributed by atoms with Gasteiger partial charge in [0.15, 0.2) is 0 Å². The van der Waals surface area contributed by atoms with Gasteiger partial charge in [0.1, 0.15) is 5.75 Å². The third-order valence-electron chi connectivity index (χ3n) is 6.08. The summed E-state index contributed by atoms with van der Waals surface area (Å²) in [7, 11) is 1.79. The molecule has 1 aliphatic rings. The highest BCUT2D eigenvalue weighted by Gasteiger charge is 2.20. The van der Waals surface area contributed by atoms with Crippen LogP contribution < -0.4 is 4.74 Å². The van der Waals surface area contributed by atoms with Crippen molar-refractivity contribution in [2.24, 2.45) is 5.92 Å². The lowest BCUT2D eigenvalue weighted by Crippen LogP contribution is -2.08. The van der Waals surface area contributed by atoms with E-state index in [9.17, 15) is 0 Å². The molecule has 0 saturated heterocycles. The van der Waals surface area contributed by atoms with E-state index >= 15 is 0 Å². The number of benzene rings is 2. The second kappa shape index (κ2) is 10.2. The Labute approximate surface area is 176 Å². The molecular weight excluding hydrogens is 354 g/mol. The standard InChI is InChI=1S/C26H29NO.CH4/c1-28-26-12-11-23(19-24(26)17-20-7-5-6-8-20)25(22-9-3-2-4-10-22)18-21-13-15-27-16-14-21;/h2-4,9-16,19-20,25H,5-8,17-18H2,1H3;1H4/t25-;/m1./s1. The fraction of sp³-hybridized carbons (Fsp3) is 0.370. The summed E-state index contributed by atoms with van der Waals surface area (Å²) in [4.78, 5) is 4.18. The first-order chi connectivity index (χ1) is 13.8. The van der Waals surface area contributed by atoms with Gasteiger partial charge in [-0.3, -0.25) is 4.98 Å². The lowest BCUT2D eigenvalue weighted by atomic mass is 9.84. The van der Waals surface area contributed by atoms with Crippen molar-refractivity contribution in [1.29, 1.82) is 0 Å². The molecule has 0 unspecified atom stereocenters. The van der Waals surface area contributed by atoms with Gasteiger partial charge in [0.05, 0.1) is 7.11 Å². The smallest absolute Gasteiger partial charge is 0.122 e. The third kappa shape index (κ3) is 5.26.